The molecule has 1 saturated heterocycles. The van der Waals surface area contributed by atoms with Crippen LogP contribution in [0.15, 0.2) is 54.6 Å². The number of nitrogens with two attached hydrogens (primary N) is 1. The number of hydrogen-bond acceptors (Lipinski definition) is 3. The maximum atomic E-state index is 11.3. The number of carbonyl (C=O) groups excluding carboxylic acids is 1. The summed E-state index contributed by atoms with van der Waals surface area (Å²) in [6.45, 7) is 4.71. The normalized spacial score (nSPS) is 21.8. The number of aliphatic hydroxyl groups excluding tert-OH is 1. The Labute approximate surface area is 167 Å². The molecule has 2 aromatic carbocycles. The molecule has 0 bridgehead atoms. The molecule has 0 radical (unpaired) electrons. The van der Waals surface area contributed by atoms with Crippen molar-refractivity contribution in [1.29, 1.82) is 0 Å². The van der Waals surface area contributed by atoms with E-state index in [1.165, 1.54) is 10.5 Å². The van der Waals surface area contributed by atoms with Crippen LogP contribution in [0.5, 0.6) is 0 Å². The monoisotopic (exact) mass is 383 g/mol. The highest BCUT2D eigenvalue weighted by Crippen LogP contribution is 2.28. The lowest BCUT2D eigenvalue weighted by molar-refractivity contribution is -0.908. The third-order valence-corrected chi connectivity index (χ3v) is 5.65. The van der Waals surface area contributed by atoms with Crippen molar-refractivity contribution < 1.29 is 19.5 Å². The summed E-state index contributed by atoms with van der Waals surface area (Å²) in [6, 6.07) is 18.3. The summed E-state index contributed by atoms with van der Waals surface area (Å²) in [7, 11) is 0. The minimum atomic E-state index is -0.546. The number of primary amides is 1. The van der Waals surface area contributed by atoms with Crippen molar-refractivity contribution in [2.45, 2.75) is 32.0 Å². The van der Waals surface area contributed by atoms with Crippen LogP contribution in [0.3, 0.4) is 0 Å². The summed E-state index contributed by atoms with van der Waals surface area (Å²) in [4.78, 5) is 12.6. The van der Waals surface area contributed by atoms with Gasteiger partial charge in [0.1, 0.15) is 18.8 Å². The first-order valence-electron chi connectivity index (χ1n) is 10.1. The van der Waals surface area contributed by atoms with Crippen LogP contribution in [-0.2, 0) is 9.53 Å². The van der Waals surface area contributed by atoms with E-state index >= 15 is 0 Å². The van der Waals surface area contributed by atoms with Crippen molar-refractivity contribution >= 4 is 5.91 Å². The van der Waals surface area contributed by atoms with Crippen molar-refractivity contribution in [3.05, 3.63) is 71.3 Å². The van der Waals surface area contributed by atoms with E-state index in [2.05, 4.69) is 31.2 Å². The van der Waals surface area contributed by atoms with Crippen molar-refractivity contribution in [2.75, 3.05) is 26.2 Å². The van der Waals surface area contributed by atoms with Gasteiger partial charge in [0.2, 0.25) is 5.91 Å². The Morgan fingerprint density at radius 1 is 1.14 bits per heavy atom. The zero-order chi connectivity index (χ0) is 19.9. The lowest BCUT2D eigenvalue weighted by Gasteiger charge is -2.29. The fourth-order valence-corrected chi connectivity index (χ4v) is 3.99. The van der Waals surface area contributed by atoms with E-state index in [0.717, 1.165) is 37.1 Å². The molecule has 5 nitrogen and oxygen atoms in total. The number of benzene rings is 2. The molecule has 2 aromatic rings. The first-order chi connectivity index (χ1) is 13.5. The average molecular weight is 384 g/mol. The van der Waals surface area contributed by atoms with Crippen molar-refractivity contribution in [2.24, 2.45) is 11.7 Å². The van der Waals surface area contributed by atoms with Gasteiger partial charge in [0.15, 0.2) is 0 Å². The molecule has 1 aliphatic rings. The molecule has 4 N–H and O–H groups in total. The van der Waals surface area contributed by atoms with Crippen LogP contribution in [-0.4, -0.2) is 43.4 Å². The van der Waals surface area contributed by atoms with Crippen LogP contribution in [0, 0.1) is 12.8 Å². The molecule has 1 fully saturated rings. The highest BCUT2D eigenvalue weighted by molar-refractivity contribution is 5.76. The quantitative estimate of drug-likeness (QED) is 0.642. The molecule has 150 valence electrons. The second kappa shape index (κ2) is 9.82. The zero-order valence-corrected chi connectivity index (χ0v) is 16.5. The van der Waals surface area contributed by atoms with E-state index in [1.54, 1.807) is 0 Å². The van der Waals surface area contributed by atoms with E-state index < -0.39 is 6.10 Å². The average Bonchev–Trinajstić information content (AvgIpc) is 2.70. The van der Waals surface area contributed by atoms with Crippen LogP contribution >= 0.6 is 0 Å². The van der Waals surface area contributed by atoms with E-state index in [9.17, 15) is 9.90 Å². The summed E-state index contributed by atoms with van der Waals surface area (Å²) in [6.07, 6.45) is 0.852. The highest BCUT2D eigenvalue weighted by atomic mass is 16.5. The molecule has 0 spiro atoms. The summed E-state index contributed by atoms with van der Waals surface area (Å²) < 4.78 is 6.22. The maximum absolute atomic E-state index is 11.3. The smallest absolute Gasteiger partial charge is 0.220 e. The maximum Gasteiger partial charge on any atom is 0.220 e. The van der Waals surface area contributed by atoms with Crippen molar-refractivity contribution in [3.63, 3.8) is 0 Å². The summed E-state index contributed by atoms with van der Waals surface area (Å²) in [5, 5.41) is 10.6. The highest BCUT2D eigenvalue weighted by Gasteiger charge is 2.27. The fraction of sp³-hybridized carbons (Fsp3) is 0.435. The molecular weight excluding hydrogens is 352 g/mol. The molecule has 0 aliphatic carbocycles. The van der Waals surface area contributed by atoms with Gasteiger partial charge in [-0.05, 0) is 23.6 Å². The lowest BCUT2D eigenvalue weighted by atomic mass is 9.96. The van der Waals surface area contributed by atoms with Crippen LogP contribution in [0.4, 0.5) is 0 Å². The summed E-state index contributed by atoms with van der Waals surface area (Å²) >= 11 is 0. The van der Waals surface area contributed by atoms with Crippen LogP contribution in [0.2, 0.25) is 0 Å². The van der Waals surface area contributed by atoms with Crippen molar-refractivity contribution in [1.82, 2.24) is 0 Å². The standard InChI is InChI=1S/C23H30N2O3/c1-17-7-5-6-10-21(17)22(18-8-3-2-4-9-18)28-16-20(26)15-25-13-11-19(12-14-25)23(24)27/h2-10,19-20,22,26H,11-16H2,1H3,(H2,24,27)/p+1/t20-,22+/m0/s1. The van der Waals surface area contributed by atoms with E-state index in [-0.39, 0.29) is 24.5 Å². The van der Waals surface area contributed by atoms with Gasteiger partial charge in [-0.25, -0.2) is 0 Å². The third kappa shape index (κ3) is 5.41. The molecule has 1 aliphatic heterocycles. The molecular formula is C23H31N2O3+. The molecule has 1 heterocycles. The lowest BCUT2D eigenvalue weighted by Crippen LogP contribution is -3.14. The minimum Gasteiger partial charge on any atom is -0.385 e. The molecule has 0 aromatic heterocycles. The molecule has 2 atom stereocenters. The van der Waals surface area contributed by atoms with Gasteiger partial charge in [-0.15, -0.1) is 0 Å². The van der Waals surface area contributed by atoms with E-state index in [4.69, 9.17) is 10.5 Å². The third-order valence-electron chi connectivity index (χ3n) is 5.65. The molecule has 0 unspecified atom stereocenters. The van der Waals surface area contributed by atoms with Gasteiger partial charge in [0.05, 0.1) is 19.7 Å². The number of ether oxygens (including phenoxy) is 1. The van der Waals surface area contributed by atoms with Gasteiger partial charge in [0.25, 0.3) is 0 Å². The number of carbonyl (C=O) groups is 1. The number of likely N-dealkylation sites (tertiary alicyclic amines) is 1. The zero-order valence-electron chi connectivity index (χ0n) is 16.5. The van der Waals surface area contributed by atoms with Gasteiger partial charge < -0.3 is 20.5 Å². The largest absolute Gasteiger partial charge is 0.385 e. The number of quaternary nitrogens is 1. The molecule has 1 amide bonds. The van der Waals surface area contributed by atoms with Crippen molar-refractivity contribution in [3.8, 4) is 0 Å². The Balaban J connectivity index is 1.59. The number of aliphatic hydroxyl groups is 1. The van der Waals surface area contributed by atoms with E-state index in [0.29, 0.717) is 6.54 Å². The van der Waals surface area contributed by atoms with Crippen LogP contribution in [0.1, 0.15) is 35.6 Å². The number of piperidine rings is 1. The van der Waals surface area contributed by atoms with Gasteiger partial charge in [-0.2, -0.15) is 0 Å². The Hall–Kier alpha value is -2.21. The summed E-state index contributed by atoms with van der Waals surface area (Å²) in [5.41, 5.74) is 8.77. The van der Waals surface area contributed by atoms with Crippen LogP contribution in [0.25, 0.3) is 0 Å². The second-order valence-electron chi connectivity index (χ2n) is 7.77. The van der Waals surface area contributed by atoms with Crippen LogP contribution < -0.4 is 10.6 Å². The number of amides is 1. The predicted octanol–water partition coefficient (Wildman–Crippen LogP) is 1.24. The first kappa shape index (κ1) is 20.5. The molecule has 0 saturated carbocycles. The van der Waals surface area contributed by atoms with Gasteiger partial charge in [-0.3, -0.25) is 4.79 Å². The van der Waals surface area contributed by atoms with Gasteiger partial charge >= 0.3 is 0 Å². The Morgan fingerprint density at radius 2 is 1.79 bits per heavy atom. The number of aryl methyl sites for hydroxylation is 1. The Bertz CT molecular complexity index is 757. The Morgan fingerprint density at radius 3 is 2.43 bits per heavy atom. The van der Waals surface area contributed by atoms with E-state index in [1.807, 2.05) is 30.3 Å². The minimum absolute atomic E-state index is 0.0133. The molecule has 28 heavy (non-hydrogen) atoms. The number of hydrogen-bond donors (Lipinski definition) is 3. The second-order valence-corrected chi connectivity index (χ2v) is 7.77. The SMILES string of the molecule is Cc1ccccc1[C@H](OC[C@@H](O)C[NH+]1CCC(C(N)=O)CC1)c1ccccc1. The fourth-order valence-electron chi connectivity index (χ4n) is 3.99. The predicted molar refractivity (Wildman–Crippen MR) is 109 cm³/mol. The number of rotatable bonds is 8. The van der Waals surface area contributed by atoms with Gasteiger partial charge in [0, 0.05) is 18.8 Å². The molecule has 5 heteroatoms. The first-order valence-corrected chi connectivity index (χ1v) is 10.1. The Kier molecular flexibility index (Phi) is 7.20. The summed E-state index contributed by atoms with van der Waals surface area (Å²) in [5.74, 6) is -0.215. The molecule has 3 rings (SSSR count). The number of nitrogens with one attached hydrogen (secondary N) is 1. The van der Waals surface area contributed by atoms with Gasteiger partial charge in [-0.1, -0.05) is 54.6 Å². The topological polar surface area (TPSA) is 77.0 Å².